The van der Waals surface area contributed by atoms with Crippen molar-refractivity contribution in [3.05, 3.63) is 57.5 Å². The highest BCUT2D eigenvalue weighted by Crippen LogP contribution is 2.32. The molecule has 1 aliphatic heterocycles. The highest BCUT2D eigenvalue weighted by atomic mass is 32.1. The second-order valence-electron chi connectivity index (χ2n) is 8.42. The first-order valence-corrected chi connectivity index (χ1v) is 11.7. The number of anilines is 1. The van der Waals surface area contributed by atoms with Crippen LogP contribution >= 0.6 is 11.3 Å². The first-order chi connectivity index (χ1) is 16.1. The van der Waals surface area contributed by atoms with Gasteiger partial charge in [0.05, 0.1) is 12.2 Å². The van der Waals surface area contributed by atoms with Crippen LogP contribution in [0, 0.1) is 6.92 Å². The summed E-state index contributed by atoms with van der Waals surface area (Å²) < 4.78 is 5.81. The number of carbonyl (C=O) groups excluding carboxylic acids is 1. The van der Waals surface area contributed by atoms with Gasteiger partial charge in [0.2, 0.25) is 11.8 Å². The van der Waals surface area contributed by atoms with Crippen LogP contribution in [-0.2, 0) is 37.0 Å². The zero-order chi connectivity index (χ0) is 22.4. The first kappa shape index (κ1) is 20.0. The first-order valence-electron chi connectivity index (χ1n) is 10.9. The number of rotatable bonds is 5. The monoisotopic (exact) mass is 462 g/mol. The lowest BCUT2D eigenvalue weighted by molar-refractivity contribution is -0.131. The number of H-pyrrole nitrogens is 1. The van der Waals surface area contributed by atoms with Gasteiger partial charge in [-0.2, -0.15) is 0 Å². The number of thiazole rings is 1. The van der Waals surface area contributed by atoms with Crippen molar-refractivity contribution in [2.45, 2.75) is 45.2 Å². The second kappa shape index (κ2) is 8.07. The Kier molecular flexibility index (Phi) is 4.90. The van der Waals surface area contributed by atoms with E-state index in [-0.39, 0.29) is 18.2 Å². The highest BCUT2D eigenvalue weighted by molar-refractivity contribution is 7.16. The maximum Gasteiger partial charge on any atom is 0.267 e. The van der Waals surface area contributed by atoms with Crippen LogP contribution < -0.4 is 5.32 Å². The molecule has 3 aromatic heterocycles. The van der Waals surface area contributed by atoms with E-state index >= 15 is 0 Å². The number of benzene rings is 1. The number of aromatic amines is 1. The minimum absolute atomic E-state index is 0.0504. The molecule has 0 atom stereocenters. The molecule has 4 aromatic rings. The van der Waals surface area contributed by atoms with Crippen molar-refractivity contribution in [2.24, 2.45) is 0 Å². The smallest absolute Gasteiger partial charge is 0.267 e. The van der Waals surface area contributed by atoms with Crippen LogP contribution in [0.2, 0.25) is 0 Å². The summed E-state index contributed by atoms with van der Waals surface area (Å²) in [7, 11) is 0. The van der Waals surface area contributed by atoms with Crippen LogP contribution in [0.3, 0.4) is 0 Å². The van der Waals surface area contributed by atoms with Crippen LogP contribution in [0.15, 0.2) is 28.7 Å². The number of amides is 1. The topological polar surface area (TPSA) is 126 Å². The molecular formula is C22H22N8O2S. The number of fused-ring (bicyclic) bond motifs is 2. The third-order valence-corrected chi connectivity index (χ3v) is 7.08. The molecule has 0 saturated carbocycles. The minimum atomic E-state index is -0.0722. The van der Waals surface area contributed by atoms with E-state index in [1.54, 1.807) is 16.2 Å². The van der Waals surface area contributed by atoms with Crippen molar-refractivity contribution in [1.82, 2.24) is 35.5 Å². The molecule has 6 rings (SSSR count). The predicted octanol–water partition coefficient (Wildman–Crippen LogP) is 2.33. The van der Waals surface area contributed by atoms with E-state index < -0.39 is 0 Å². The number of carbonyl (C=O) groups is 1. The van der Waals surface area contributed by atoms with Crippen LogP contribution in [0.4, 0.5) is 5.13 Å². The van der Waals surface area contributed by atoms with Gasteiger partial charge in [-0.25, -0.2) is 4.98 Å². The van der Waals surface area contributed by atoms with Crippen molar-refractivity contribution in [1.29, 1.82) is 0 Å². The second-order valence-corrected chi connectivity index (χ2v) is 9.63. The van der Waals surface area contributed by atoms with Gasteiger partial charge in [-0.15, -0.1) is 26.6 Å². The lowest BCUT2D eigenvalue weighted by Crippen LogP contribution is -2.37. The average Bonchev–Trinajstić information content (AvgIpc) is 3.59. The molecule has 0 unspecified atom stereocenters. The molecule has 2 N–H and O–H groups in total. The van der Waals surface area contributed by atoms with Gasteiger partial charge in [-0.1, -0.05) is 29.5 Å². The molecule has 1 amide bonds. The van der Waals surface area contributed by atoms with Gasteiger partial charge < -0.3 is 14.6 Å². The zero-order valence-electron chi connectivity index (χ0n) is 18.0. The standard InChI is InChI=1S/C22H22N8O2S/c1-12-20(24-22(33-12)23-15-8-13-4-2-3-5-14(13)9-15)21-28-27-18(32-21)10-19(31)30-7-6-16-17(11-30)26-29-25-16/h2-5,15H,6-11H2,1H3,(H,23,24)(H,25,26,29). The van der Waals surface area contributed by atoms with E-state index in [2.05, 4.69) is 55.2 Å². The van der Waals surface area contributed by atoms with E-state index in [1.807, 2.05) is 6.92 Å². The van der Waals surface area contributed by atoms with Gasteiger partial charge in [0.1, 0.15) is 17.8 Å². The lowest BCUT2D eigenvalue weighted by atomic mass is 10.1. The normalized spacial score (nSPS) is 15.5. The molecule has 4 heterocycles. The molecule has 0 bridgehead atoms. The van der Waals surface area contributed by atoms with Crippen LogP contribution in [0.5, 0.6) is 0 Å². The number of aromatic nitrogens is 6. The van der Waals surface area contributed by atoms with Crippen molar-refractivity contribution in [3.63, 3.8) is 0 Å². The molecule has 1 aromatic carbocycles. The molecule has 1 aliphatic carbocycles. The fraction of sp³-hybridized carbons (Fsp3) is 0.364. The van der Waals surface area contributed by atoms with Gasteiger partial charge >= 0.3 is 0 Å². The minimum Gasteiger partial charge on any atom is -0.419 e. The highest BCUT2D eigenvalue weighted by Gasteiger charge is 2.26. The van der Waals surface area contributed by atoms with E-state index in [9.17, 15) is 4.79 Å². The Morgan fingerprint density at radius 3 is 2.88 bits per heavy atom. The summed E-state index contributed by atoms with van der Waals surface area (Å²) in [6.45, 7) is 3.04. The van der Waals surface area contributed by atoms with Gasteiger partial charge in [-0.3, -0.25) is 9.89 Å². The Hall–Kier alpha value is -3.60. The Morgan fingerprint density at radius 1 is 1.24 bits per heavy atom. The van der Waals surface area contributed by atoms with Crippen molar-refractivity contribution < 1.29 is 9.21 Å². The Bertz CT molecular complexity index is 1300. The Morgan fingerprint density at radius 2 is 2.06 bits per heavy atom. The maximum absolute atomic E-state index is 12.7. The SMILES string of the molecule is Cc1sc(NC2Cc3ccccc3C2)nc1-c1nnc(CC(=O)N2CCc3[nH]nnc3C2)o1. The number of nitrogens with zero attached hydrogens (tertiary/aromatic N) is 6. The summed E-state index contributed by atoms with van der Waals surface area (Å²) in [6.07, 6.45) is 2.74. The predicted molar refractivity (Wildman–Crippen MR) is 121 cm³/mol. The number of hydrogen-bond acceptors (Lipinski definition) is 9. The van der Waals surface area contributed by atoms with Crippen LogP contribution in [0.1, 0.15) is 33.3 Å². The zero-order valence-corrected chi connectivity index (χ0v) is 18.9. The lowest BCUT2D eigenvalue weighted by Gasteiger charge is -2.25. The quantitative estimate of drug-likeness (QED) is 0.463. The third kappa shape index (κ3) is 3.88. The molecule has 0 radical (unpaired) electrons. The van der Waals surface area contributed by atoms with E-state index in [0.29, 0.717) is 37.1 Å². The third-order valence-electron chi connectivity index (χ3n) is 6.18. The molecule has 0 fully saturated rings. The van der Waals surface area contributed by atoms with Crippen molar-refractivity contribution in [2.75, 3.05) is 11.9 Å². The molecule has 10 nitrogen and oxygen atoms in total. The van der Waals surface area contributed by atoms with Crippen molar-refractivity contribution >= 4 is 22.4 Å². The fourth-order valence-electron chi connectivity index (χ4n) is 4.47. The van der Waals surface area contributed by atoms with E-state index in [1.165, 1.54) is 11.1 Å². The molecule has 33 heavy (non-hydrogen) atoms. The summed E-state index contributed by atoms with van der Waals surface area (Å²) >= 11 is 1.57. The van der Waals surface area contributed by atoms with Crippen molar-refractivity contribution in [3.8, 4) is 11.6 Å². The number of nitrogens with one attached hydrogen (secondary N) is 2. The summed E-state index contributed by atoms with van der Waals surface area (Å²) in [5.74, 6) is 0.554. The molecule has 11 heteroatoms. The molecule has 168 valence electrons. The summed E-state index contributed by atoms with van der Waals surface area (Å²) in [4.78, 5) is 20.2. The molecule has 0 saturated heterocycles. The Balaban J connectivity index is 1.11. The number of aryl methyl sites for hydroxylation is 1. The average molecular weight is 463 g/mol. The summed E-state index contributed by atoms with van der Waals surface area (Å²) in [5.41, 5.74) is 5.24. The van der Waals surface area contributed by atoms with Gasteiger partial charge in [0, 0.05) is 23.9 Å². The molecule has 0 spiro atoms. The van der Waals surface area contributed by atoms with Gasteiger partial charge in [0.25, 0.3) is 5.89 Å². The molecular weight excluding hydrogens is 440 g/mol. The number of hydrogen-bond donors (Lipinski definition) is 2. The largest absolute Gasteiger partial charge is 0.419 e. The van der Waals surface area contributed by atoms with Gasteiger partial charge in [-0.05, 0) is 30.9 Å². The fourth-order valence-corrected chi connectivity index (χ4v) is 5.35. The Labute approximate surface area is 193 Å². The van der Waals surface area contributed by atoms with Gasteiger partial charge in [0.15, 0.2) is 5.13 Å². The van der Waals surface area contributed by atoms with Crippen LogP contribution in [0.25, 0.3) is 11.6 Å². The summed E-state index contributed by atoms with van der Waals surface area (Å²) in [6, 6.07) is 8.87. The molecule has 2 aliphatic rings. The maximum atomic E-state index is 12.7. The van der Waals surface area contributed by atoms with Crippen LogP contribution in [-0.4, -0.2) is 54.0 Å². The van der Waals surface area contributed by atoms with E-state index in [0.717, 1.165) is 34.2 Å². The van der Waals surface area contributed by atoms with E-state index in [4.69, 9.17) is 9.40 Å². The summed E-state index contributed by atoms with van der Waals surface area (Å²) in [5, 5.41) is 23.3.